The van der Waals surface area contributed by atoms with Gasteiger partial charge in [0.25, 0.3) is 0 Å². The Morgan fingerprint density at radius 3 is 2.50 bits per heavy atom. The number of hydrogen-bond donors (Lipinski definition) is 1. The van der Waals surface area contributed by atoms with Gasteiger partial charge in [0.05, 0.1) is 21.1 Å². The van der Waals surface area contributed by atoms with E-state index in [-0.39, 0.29) is 6.04 Å². The van der Waals surface area contributed by atoms with E-state index in [0.29, 0.717) is 0 Å². The van der Waals surface area contributed by atoms with Crippen molar-refractivity contribution in [2.75, 3.05) is 7.05 Å². The third-order valence-corrected chi connectivity index (χ3v) is 4.80. The van der Waals surface area contributed by atoms with Gasteiger partial charge in [0.1, 0.15) is 0 Å². The molecule has 1 atom stereocenters. The lowest BCUT2D eigenvalue weighted by molar-refractivity contribution is 0.710. The summed E-state index contributed by atoms with van der Waals surface area (Å²) in [6.07, 6.45) is 0. The van der Waals surface area contributed by atoms with Crippen LogP contribution in [-0.2, 0) is 0 Å². The van der Waals surface area contributed by atoms with Crippen LogP contribution in [-0.4, -0.2) is 12.0 Å². The highest BCUT2D eigenvalue weighted by Gasteiger charge is 2.19. The average molecular weight is 273 g/mol. The van der Waals surface area contributed by atoms with Gasteiger partial charge in [-0.1, -0.05) is 11.6 Å². The maximum Gasteiger partial charge on any atom is 0.0931 e. The molecule has 0 amide bonds. The number of rotatable bonds is 3. The van der Waals surface area contributed by atoms with Gasteiger partial charge < -0.3 is 5.32 Å². The van der Waals surface area contributed by atoms with Gasteiger partial charge in [-0.3, -0.25) is 0 Å². The van der Waals surface area contributed by atoms with Crippen LogP contribution in [0.4, 0.5) is 0 Å². The van der Waals surface area contributed by atoms with Gasteiger partial charge in [0.15, 0.2) is 0 Å². The fraction of sp³-hybridized carbons (Fsp3) is 0.364. The predicted octanol–water partition coefficient (Wildman–Crippen LogP) is 3.78. The highest BCUT2D eigenvalue weighted by Crippen LogP contribution is 2.34. The monoisotopic (exact) mass is 272 g/mol. The first-order valence-corrected chi connectivity index (χ1v) is 6.99. The van der Waals surface area contributed by atoms with E-state index < -0.39 is 0 Å². The van der Waals surface area contributed by atoms with Crippen molar-refractivity contribution in [2.45, 2.75) is 19.9 Å². The second-order valence-corrected chi connectivity index (χ2v) is 6.53. The molecule has 2 aromatic rings. The minimum Gasteiger partial charge on any atom is -0.308 e. The van der Waals surface area contributed by atoms with E-state index in [0.717, 1.165) is 15.0 Å². The number of halogens is 1. The highest BCUT2D eigenvalue weighted by molar-refractivity contribution is 7.16. The number of thiophene rings is 1. The Hall–Kier alpha value is -0.420. The first-order valence-electron chi connectivity index (χ1n) is 4.98. The first-order chi connectivity index (χ1) is 7.61. The van der Waals surface area contributed by atoms with Crippen LogP contribution in [0.3, 0.4) is 0 Å². The van der Waals surface area contributed by atoms with E-state index in [1.807, 2.05) is 20.0 Å². The number of thiazole rings is 1. The SMILES string of the molecule is CNC(c1ccc(Cl)s1)c1sc(C)nc1C. The van der Waals surface area contributed by atoms with E-state index in [1.54, 1.807) is 22.7 Å². The fourth-order valence-electron chi connectivity index (χ4n) is 1.70. The summed E-state index contributed by atoms with van der Waals surface area (Å²) in [5, 5.41) is 4.43. The first kappa shape index (κ1) is 12.0. The summed E-state index contributed by atoms with van der Waals surface area (Å²) in [5.41, 5.74) is 1.10. The van der Waals surface area contributed by atoms with E-state index >= 15 is 0 Å². The molecule has 0 fully saturated rings. The van der Waals surface area contributed by atoms with Gasteiger partial charge in [0, 0.05) is 9.75 Å². The minimum absolute atomic E-state index is 0.212. The molecule has 0 aromatic carbocycles. The standard InChI is InChI=1S/C11H13ClN2S2/c1-6-11(15-7(2)14-6)10(13-3)8-4-5-9(12)16-8/h4-5,10,13H,1-3H3. The van der Waals surface area contributed by atoms with Crippen molar-refractivity contribution in [1.29, 1.82) is 0 Å². The van der Waals surface area contributed by atoms with Crippen LogP contribution in [0, 0.1) is 13.8 Å². The van der Waals surface area contributed by atoms with Crippen molar-refractivity contribution >= 4 is 34.3 Å². The molecule has 0 aliphatic carbocycles. The molecule has 2 aromatic heterocycles. The summed E-state index contributed by atoms with van der Waals surface area (Å²) in [5.74, 6) is 0. The van der Waals surface area contributed by atoms with Crippen LogP contribution in [0.25, 0.3) is 0 Å². The van der Waals surface area contributed by atoms with Crippen LogP contribution in [0.15, 0.2) is 12.1 Å². The average Bonchev–Trinajstić information content (AvgIpc) is 2.76. The van der Waals surface area contributed by atoms with E-state index in [4.69, 9.17) is 11.6 Å². The molecule has 0 radical (unpaired) electrons. The van der Waals surface area contributed by atoms with Crippen LogP contribution in [0.1, 0.15) is 26.5 Å². The van der Waals surface area contributed by atoms with Crippen molar-refractivity contribution in [3.8, 4) is 0 Å². The summed E-state index contributed by atoms with van der Waals surface area (Å²) < 4.78 is 0.828. The number of aryl methyl sites for hydroxylation is 2. The Morgan fingerprint density at radius 2 is 2.06 bits per heavy atom. The second-order valence-electron chi connectivity index (χ2n) is 3.55. The quantitative estimate of drug-likeness (QED) is 0.920. The smallest absolute Gasteiger partial charge is 0.0931 e. The molecule has 2 nitrogen and oxygen atoms in total. The molecule has 5 heteroatoms. The van der Waals surface area contributed by atoms with Crippen LogP contribution < -0.4 is 5.32 Å². The van der Waals surface area contributed by atoms with Gasteiger partial charge in [-0.2, -0.15) is 0 Å². The maximum absolute atomic E-state index is 5.97. The van der Waals surface area contributed by atoms with Gasteiger partial charge in [-0.25, -0.2) is 4.98 Å². The van der Waals surface area contributed by atoms with Crippen molar-refractivity contribution < 1.29 is 0 Å². The zero-order valence-electron chi connectivity index (χ0n) is 9.37. The molecule has 0 saturated carbocycles. The van der Waals surface area contributed by atoms with E-state index in [1.165, 1.54) is 9.75 Å². The van der Waals surface area contributed by atoms with Crippen molar-refractivity contribution in [1.82, 2.24) is 10.3 Å². The lowest BCUT2D eigenvalue weighted by atomic mass is 10.2. The Kier molecular flexibility index (Phi) is 3.64. The molecule has 0 bridgehead atoms. The Morgan fingerprint density at radius 1 is 1.31 bits per heavy atom. The largest absolute Gasteiger partial charge is 0.308 e. The Labute approximate surface area is 108 Å². The van der Waals surface area contributed by atoms with Crippen LogP contribution >= 0.6 is 34.3 Å². The molecule has 1 unspecified atom stereocenters. The Balaban J connectivity index is 2.40. The topological polar surface area (TPSA) is 24.9 Å². The fourth-order valence-corrected chi connectivity index (χ4v) is 4.01. The zero-order chi connectivity index (χ0) is 11.7. The van der Waals surface area contributed by atoms with Crippen molar-refractivity contribution in [2.24, 2.45) is 0 Å². The zero-order valence-corrected chi connectivity index (χ0v) is 11.8. The third-order valence-electron chi connectivity index (χ3n) is 2.37. The molecule has 2 heterocycles. The normalized spacial score (nSPS) is 13.0. The summed E-state index contributed by atoms with van der Waals surface area (Å²) in [6, 6.07) is 4.22. The molecule has 0 aliphatic heterocycles. The lowest BCUT2D eigenvalue weighted by Gasteiger charge is -2.12. The predicted molar refractivity (Wildman–Crippen MR) is 71.8 cm³/mol. The maximum atomic E-state index is 5.97. The summed E-state index contributed by atoms with van der Waals surface area (Å²) in [6.45, 7) is 4.09. The van der Waals surface area contributed by atoms with Gasteiger partial charge in [0.2, 0.25) is 0 Å². The molecular formula is C11H13ClN2S2. The second kappa shape index (κ2) is 4.84. The lowest BCUT2D eigenvalue weighted by Crippen LogP contribution is -2.16. The van der Waals surface area contributed by atoms with Crippen molar-refractivity contribution in [3.05, 3.63) is 36.9 Å². The third kappa shape index (κ3) is 2.30. The summed E-state index contributed by atoms with van der Waals surface area (Å²) in [7, 11) is 1.97. The molecule has 1 N–H and O–H groups in total. The molecular weight excluding hydrogens is 260 g/mol. The molecule has 0 spiro atoms. The van der Waals surface area contributed by atoms with Crippen molar-refractivity contribution in [3.63, 3.8) is 0 Å². The molecule has 16 heavy (non-hydrogen) atoms. The molecule has 0 aliphatic rings. The highest BCUT2D eigenvalue weighted by atomic mass is 35.5. The minimum atomic E-state index is 0.212. The van der Waals surface area contributed by atoms with Gasteiger partial charge >= 0.3 is 0 Å². The summed E-state index contributed by atoms with van der Waals surface area (Å²) >= 11 is 9.33. The van der Waals surface area contributed by atoms with Crippen LogP contribution in [0.2, 0.25) is 4.34 Å². The van der Waals surface area contributed by atoms with E-state index in [9.17, 15) is 0 Å². The summed E-state index contributed by atoms with van der Waals surface area (Å²) in [4.78, 5) is 6.97. The number of nitrogens with one attached hydrogen (secondary N) is 1. The van der Waals surface area contributed by atoms with Gasteiger partial charge in [-0.05, 0) is 33.0 Å². The Bertz CT molecular complexity index is 490. The van der Waals surface area contributed by atoms with E-state index in [2.05, 4.69) is 23.3 Å². The number of aromatic nitrogens is 1. The molecule has 2 rings (SSSR count). The molecule has 0 saturated heterocycles. The molecule has 86 valence electrons. The number of nitrogens with zero attached hydrogens (tertiary/aromatic N) is 1. The van der Waals surface area contributed by atoms with Crippen LogP contribution in [0.5, 0.6) is 0 Å². The van der Waals surface area contributed by atoms with Gasteiger partial charge in [-0.15, -0.1) is 22.7 Å². The number of hydrogen-bond acceptors (Lipinski definition) is 4.